The summed E-state index contributed by atoms with van der Waals surface area (Å²) in [6.07, 6.45) is 2.89. The number of ether oxygens (including phenoxy) is 1. The molecule has 6 heteroatoms. The standard InChI is InChI=1S/C13H25N3O2S/c1-10(2)18-12(17)6-7-15-13(14-3)16-9-11-5-4-8-19-11/h10-11H,4-9H2,1-3H3,(H2,14,15,16). The summed E-state index contributed by atoms with van der Waals surface area (Å²) in [6.45, 7) is 5.18. The number of aliphatic imine (C=N–C) groups is 1. The molecule has 5 nitrogen and oxygen atoms in total. The van der Waals surface area contributed by atoms with Crippen LogP contribution < -0.4 is 10.6 Å². The third-order valence-corrected chi connectivity index (χ3v) is 4.13. The molecule has 1 aliphatic rings. The lowest BCUT2D eigenvalue weighted by molar-refractivity contribution is -0.147. The number of hydrogen-bond donors (Lipinski definition) is 2. The zero-order valence-electron chi connectivity index (χ0n) is 12.1. The molecule has 0 bridgehead atoms. The number of carbonyl (C=O) groups excluding carboxylic acids is 1. The average Bonchev–Trinajstić information content (AvgIpc) is 2.85. The van der Waals surface area contributed by atoms with E-state index in [0.29, 0.717) is 18.2 Å². The highest BCUT2D eigenvalue weighted by Gasteiger charge is 2.15. The molecule has 0 aromatic heterocycles. The molecule has 1 unspecified atom stereocenters. The fraction of sp³-hybridized carbons (Fsp3) is 0.846. The number of thioether (sulfide) groups is 1. The minimum absolute atomic E-state index is 0.0515. The van der Waals surface area contributed by atoms with E-state index in [1.54, 1.807) is 7.05 Å². The van der Waals surface area contributed by atoms with Gasteiger partial charge in [0.05, 0.1) is 12.5 Å². The van der Waals surface area contributed by atoms with Gasteiger partial charge in [0.1, 0.15) is 0 Å². The Balaban J connectivity index is 2.12. The summed E-state index contributed by atoms with van der Waals surface area (Å²) in [4.78, 5) is 15.5. The molecule has 1 atom stereocenters. The van der Waals surface area contributed by atoms with Gasteiger partial charge >= 0.3 is 5.97 Å². The van der Waals surface area contributed by atoms with Crippen molar-refractivity contribution in [1.82, 2.24) is 10.6 Å². The van der Waals surface area contributed by atoms with E-state index >= 15 is 0 Å². The van der Waals surface area contributed by atoms with E-state index in [1.807, 2.05) is 25.6 Å². The summed E-state index contributed by atoms with van der Waals surface area (Å²) in [6, 6.07) is 0. The van der Waals surface area contributed by atoms with Crippen molar-refractivity contribution in [3.63, 3.8) is 0 Å². The van der Waals surface area contributed by atoms with Crippen LogP contribution in [0.15, 0.2) is 4.99 Å². The lowest BCUT2D eigenvalue weighted by Gasteiger charge is -2.14. The van der Waals surface area contributed by atoms with Crippen LogP contribution in [0.1, 0.15) is 33.1 Å². The van der Waals surface area contributed by atoms with Crippen molar-refractivity contribution in [2.45, 2.75) is 44.5 Å². The number of nitrogens with zero attached hydrogens (tertiary/aromatic N) is 1. The fourth-order valence-corrected chi connectivity index (χ4v) is 3.04. The van der Waals surface area contributed by atoms with E-state index < -0.39 is 0 Å². The molecule has 1 aliphatic heterocycles. The van der Waals surface area contributed by atoms with Gasteiger partial charge in [-0.05, 0) is 32.4 Å². The molecule has 2 N–H and O–H groups in total. The van der Waals surface area contributed by atoms with Gasteiger partial charge in [-0.2, -0.15) is 11.8 Å². The molecule has 0 spiro atoms. The predicted octanol–water partition coefficient (Wildman–Crippen LogP) is 1.39. The third-order valence-electron chi connectivity index (χ3n) is 2.73. The van der Waals surface area contributed by atoms with Gasteiger partial charge in [0.25, 0.3) is 0 Å². The second kappa shape index (κ2) is 9.07. The highest BCUT2D eigenvalue weighted by Crippen LogP contribution is 2.25. The van der Waals surface area contributed by atoms with Crippen LogP contribution in [0, 0.1) is 0 Å². The van der Waals surface area contributed by atoms with E-state index in [1.165, 1.54) is 18.6 Å². The van der Waals surface area contributed by atoms with Crippen molar-refractivity contribution >= 4 is 23.7 Å². The summed E-state index contributed by atoms with van der Waals surface area (Å²) < 4.78 is 5.06. The van der Waals surface area contributed by atoms with Gasteiger partial charge < -0.3 is 15.4 Å². The number of hydrogen-bond acceptors (Lipinski definition) is 4. The maximum absolute atomic E-state index is 11.4. The molecular weight excluding hydrogens is 262 g/mol. The summed E-state index contributed by atoms with van der Waals surface area (Å²) in [5, 5.41) is 7.10. The first-order valence-corrected chi connectivity index (χ1v) is 7.92. The summed E-state index contributed by atoms with van der Waals surface area (Å²) in [5.74, 6) is 1.84. The maximum Gasteiger partial charge on any atom is 0.307 e. The Morgan fingerprint density at radius 3 is 2.84 bits per heavy atom. The van der Waals surface area contributed by atoms with Gasteiger partial charge in [-0.3, -0.25) is 9.79 Å². The lowest BCUT2D eigenvalue weighted by atomic mass is 10.2. The first-order chi connectivity index (χ1) is 9.11. The summed E-state index contributed by atoms with van der Waals surface area (Å²) in [7, 11) is 1.74. The third kappa shape index (κ3) is 7.30. The minimum Gasteiger partial charge on any atom is -0.463 e. The van der Waals surface area contributed by atoms with Gasteiger partial charge in [-0.25, -0.2) is 0 Å². The molecule has 0 radical (unpaired) electrons. The highest BCUT2D eigenvalue weighted by molar-refractivity contribution is 8.00. The van der Waals surface area contributed by atoms with Crippen molar-refractivity contribution in [1.29, 1.82) is 0 Å². The first-order valence-electron chi connectivity index (χ1n) is 6.87. The Morgan fingerprint density at radius 1 is 1.47 bits per heavy atom. The Labute approximate surface area is 120 Å². The SMILES string of the molecule is CN=C(NCCC(=O)OC(C)C)NCC1CCCS1. The van der Waals surface area contributed by atoms with Gasteiger partial charge in [-0.1, -0.05) is 0 Å². The van der Waals surface area contributed by atoms with Crippen LogP contribution in [-0.2, 0) is 9.53 Å². The van der Waals surface area contributed by atoms with Crippen molar-refractivity contribution in [2.24, 2.45) is 4.99 Å². The predicted molar refractivity (Wildman–Crippen MR) is 80.7 cm³/mol. The smallest absolute Gasteiger partial charge is 0.307 e. The second-order valence-corrected chi connectivity index (χ2v) is 6.21. The average molecular weight is 287 g/mol. The molecule has 19 heavy (non-hydrogen) atoms. The molecule has 0 amide bonds. The van der Waals surface area contributed by atoms with Crippen LogP contribution in [0.25, 0.3) is 0 Å². The van der Waals surface area contributed by atoms with Gasteiger partial charge in [0.15, 0.2) is 5.96 Å². The normalized spacial score (nSPS) is 19.6. The maximum atomic E-state index is 11.4. The van der Waals surface area contributed by atoms with E-state index in [4.69, 9.17) is 4.74 Å². The van der Waals surface area contributed by atoms with Crippen LogP contribution in [0.2, 0.25) is 0 Å². The van der Waals surface area contributed by atoms with E-state index in [0.717, 1.165) is 12.5 Å². The van der Waals surface area contributed by atoms with Crippen molar-refractivity contribution in [2.75, 3.05) is 25.9 Å². The van der Waals surface area contributed by atoms with Gasteiger partial charge in [0.2, 0.25) is 0 Å². The monoisotopic (exact) mass is 287 g/mol. The van der Waals surface area contributed by atoms with E-state index in [-0.39, 0.29) is 12.1 Å². The van der Waals surface area contributed by atoms with Crippen molar-refractivity contribution < 1.29 is 9.53 Å². The zero-order chi connectivity index (χ0) is 14.1. The molecule has 0 aromatic carbocycles. The lowest BCUT2D eigenvalue weighted by Crippen LogP contribution is -2.41. The number of guanidine groups is 1. The van der Waals surface area contributed by atoms with E-state index in [2.05, 4.69) is 15.6 Å². The number of rotatable bonds is 6. The largest absolute Gasteiger partial charge is 0.463 e. The van der Waals surface area contributed by atoms with Gasteiger partial charge in [-0.15, -0.1) is 0 Å². The molecular formula is C13H25N3O2S. The Hall–Kier alpha value is -0.910. The molecule has 1 saturated heterocycles. The zero-order valence-corrected chi connectivity index (χ0v) is 12.9. The molecule has 1 rings (SSSR count). The quantitative estimate of drug-likeness (QED) is 0.439. The minimum atomic E-state index is -0.177. The molecule has 1 fully saturated rings. The van der Waals surface area contributed by atoms with Crippen LogP contribution in [0.5, 0.6) is 0 Å². The summed E-state index contributed by atoms with van der Waals surface area (Å²) >= 11 is 2.01. The Morgan fingerprint density at radius 2 is 2.26 bits per heavy atom. The van der Waals surface area contributed by atoms with Gasteiger partial charge in [0, 0.05) is 25.4 Å². The number of esters is 1. The molecule has 0 aromatic rings. The molecule has 1 heterocycles. The Bertz CT molecular complexity index is 302. The fourth-order valence-electron chi connectivity index (χ4n) is 1.84. The number of nitrogens with one attached hydrogen (secondary N) is 2. The van der Waals surface area contributed by atoms with Crippen LogP contribution in [-0.4, -0.2) is 49.2 Å². The molecule has 110 valence electrons. The molecule has 0 aliphatic carbocycles. The number of carbonyl (C=O) groups is 1. The highest BCUT2D eigenvalue weighted by atomic mass is 32.2. The van der Waals surface area contributed by atoms with Crippen molar-refractivity contribution in [3.05, 3.63) is 0 Å². The van der Waals surface area contributed by atoms with Crippen LogP contribution in [0.4, 0.5) is 0 Å². The van der Waals surface area contributed by atoms with Crippen LogP contribution in [0.3, 0.4) is 0 Å². The van der Waals surface area contributed by atoms with E-state index in [9.17, 15) is 4.79 Å². The summed E-state index contributed by atoms with van der Waals surface area (Å²) in [5.41, 5.74) is 0. The Kier molecular flexibility index (Phi) is 7.70. The van der Waals surface area contributed by atoms with Crippen molar-refractivity contribution in [3.8, 4) is 0 Å². The molecule has 0 saturated carbocycles. The van der Waals surface area contributed by atoms with Crippen LogP contribution >= 0.6 is 11.8 Å². The first kappa shape index (κ1) is 16.1. The topological polar surface area (TPSA) is 62.7 Å². The second-order valence-electron chi connectivity index (χ2n) is 4.80.